The third-order valence-electron chi connectivity index (χ3n) is 5.09. The highest BCUT2D eigenvalue weighted by atomic mass is 19.1. The molecule has 1 atom stereocenters. The van der Waals surface area contributed by atoms with E-state index in [2.05, 4.69) is 15.0 Å². The van der Waals surface area contributed by atoms with Gasteiger partial charge in [-0.25, -0.2) is 14.4 Å². The topological polar surface area (TPSA) is 73.1 Å². The van der Waals surface area contributed by atoms with E-state index in [1.165, 1.54) is 12.1 Å². The third kappa shape index (κ3) is 4.46. The Morgan fingerprint density at radius 3 is 2.45 bits per heavy atom. The Morgan fingerprint density at radius 2 is 1.77 bits per heavy atom. The summed E-state index contributed by atoms with van der Waals surface area (Å²) in [7, 11) is 0. The minimum atomic E-state index is -0.317. The highest BCUT2D eigenvalue weighted by Gasteiger charge is 2.21. The van der Waals surface area contributed by atoms with Crippen molar-refractivity contribution < 1.29 is 14.2 Å². The molecule has 1 N–H and O–H groups in total. The minimum Gasteiger partial charge on any atom is -0.424 e. The van der Waals surface area contributed by atoms with Gasteiger partial charge in [-0.3, -0.25) is 0 Å². The smallest absolute Gasteiger partial charge is 0.322 e. The van der Waals surface area contributed by atoms with E-state index in [4.69, 9.17) is 4.74 Å². The lowest BCUT2D eigenvalue weighted by molar-refractivity contribution is 0.225. The molecule has 158 valence electrons. The van der Waals surface area contributed by atoms with Crippen LogP contribution in [0.15, 0.2) is 67.1 Å². The third-order valence-corrected chi connectivity index (χ3v) is 5.09. The van der Waals surface area contributed by atoms with E-state index in [1.807, 2.05) is 42.7 Å². The Bertz CT molecular complexity index is 1150. The molecule has 0 fully saturated rings. The number of imidazole rings is 1. The van der Waals surface area contributed by atoms with Gasteiger partial charge in [0.1, 0.15) is 11.6 Å². The fourth-order valence-electron chi connectivity index (χ4n) is 3.36. The first-order chi connectivity index (χ1) is 15.1. The predicted molar refractivity (Wildman–Crippen MR) is 116 cm³/mol. The molecular weight excluding hydrogens is 395 g/mol. The largest absolute Gasteiger partial charge is 0.424 e. The SMILES string of the molecule is CC[C@@H](CO)n1cnc(-c2ccc(F)cc2)c1-c1ccnc(Oc2ccc(C)cc2)n1. The Balaban J connectivity index is 1.79. The summed E-state index contributed by atoms with van der Waals surface area (Å²) in [5, 5.41) is 9.88. The van der Waals surface area contributed by atoms with Crippen LogP contribution in [0, 0.1) is 12.7 Å². The molecule has 6 nitrogen and oxygen atoms in total. The number of hydrogen-bond donors (Lipinski definition) is 1. The fraction of sp³-hybridized carbons (Fsp3) is 0.208. The van der Waals surface area contributed by atoms with Crippen LogP contribution in [0.4, 0.5) is 4.39 Å². The summed E-state index contributed by atoms with van der Waals surface area (Å²) in [6.45, 7) is 3.96. The van der Waals surface area contributed by atoms with Crippen LogP contribution in [0.3, 0.4) is 0 Å². The Hall–Kier alpha value is -3.58. The average Bonchev–Trinajstić information content (AvgIpc) is 3.22. The number of rotatable bonds is 7. The van der Waals surface area contributed by atoms with Crippen molar-refractivity contribution in [1.29, 1.82) is 0 Å². The van der Waals surface area contributed by atoms with E-state index in [9.17, 15) is 9.50 Å². The summed E-state index contributed by atoms with van der Waals surface area (Å²) < 4.78 is 21.2. The first-order valence-corrected chi connectivity index (χ1v) is 10.1. The monoisotopic (exact) mass is 418 g/mol. The van der Waals surface area contributed by atoms with Crippen molar-refractivity contribution in [2.75, 3.05) is 6.61 Å². The number of hydrogen-bond acceptors (Lipinski definition) is 5. The maximum absolute atomic E-state index is 13.5. The number of halogens is 1. The molecule has 2 heterocycles. The molecular formula is C24H23FN4O2. The molecule has 0 unspecified atom stereocenters. The lowest BCUT2D eigenvalue weighted by Gasteiger charge is -2.18. The van der Waals surface area contributed by atoms with Crippen molar-refractivity contribution in [1.82, 2.24) is 19.5 Å². The van der Waals surface area contributed by atoms with Gasteiger partial charge in [0.25, 0.3) is 0 Å². The highest BCUT2D eigenvalue weighted by molar-refractivity contribution is 5.77. The van der Waals surface area contributed by atoms with Crippen molar-refractivity contribution in [3.8, 4) is 34.4 Å². The van der Waals surface area contributed by atoms with Gasteiger partial charge in [-0.2, -0.15) is 4.98 Å². The zero-order valence-corrected chi connectivity index (χ0v) is 17.4. The van der Waals surface area contributed by atoms with E-state index in [1.54, 1.807) is 30.7 Å². The molecule has 0 aliphatic heterocycles. The van der Waals surface area contributed by atoms with Crippen LogP contribution in [0.2, 0.25) is 0 Å². The van der Waals surface area contributed by atoms with Gasteiger partial charge in [-0.15, -0.1) is 0 Å². The molecule has 0 amide bonds. The van der Waals surface area contributed by atoms with Crippen LogP contribution in [0.1, 0.15) is 24.9 Å². The minimum absolute atomic E-state index is 0.0411. The molecule has 4 aromatic rings. The predicted octanol–water partition coefficient (Wildman–Crippen LogP) is 5.19. The maximum atomic E-state index is 13.5. The first kappa shape index (κ1) is 20.7. The second kappa shape index (κ2) is 9.06. The van der Waals surface area contributed by atoms with Crippen molar-refractivity contribution in [3.05, 3.63) is 78.5 Å². The van der Waals surface area contributed by atoms with Gasteiger partial charge in [0.2, 0.25) is 0 Å². The van der Waals surface area contributed by atoms with Crippen LogP contribution in [-0.4, -0.2) is 31.2 Å². The van der Waals surface area contributed by atoms with Gasteiger partial charge in [-0.1, -0.05) is 24.6 Å². The molecule has 7 heteroatoms. The lowest BCUT2D eigenvalue weighted by Crippen LogP contribution is -2.13. The van der Waals surface area contributed by atoms with Crippen LogP contribution >= 0.6 is 0 Å². The molecule has 0 bridgehead atoms. The number of ether oxygens (including phenoxy) is 1. The molecule has 0 saturated heterocycles. The molecule has 4 rings (SSSR count). The summed E-state index contributed by atoms with van der Waals surface area (Å²) in [6.07, 6.45) is 4.01. The lowest BCUT2D eigenvalue weighted by atomic mass is 10.1. The molecule has 31 heavy (non-hydrogen) atoms. The van der Waals surface area contributed by atoms with E-state index < -0.39 is 0 Å². The van der Waals surface area contributed by atoms with Crippen LogP contribution in [-0.2, 0) is 0 Å². The van der Waals surface area contributed by atoms with E-state index in [-0.39, 0.29) is 24.5 Å². The van der Waals surface area contributed by atoms with Gasteiger partial charge in [0, 0.05) is 11.8 Å². The zero-order chi connectivity index (χ0) is 21.8. The van der Waals surface area contributed by atoms with Crippen LogP contribution < -0.4 is 4.74 Å². The summed E-state index contributed by atoms with van der Waals surface area (Å²) in [5.74, 6) is 0.319. The normalized spacial score (nSPS) is 12.0. The fourth-order valence-corrected chi connectivity index (χ4v) is 3.36. The zero-order valence-electron chi connectivity index (χ0n) is 17.4. The molecule has 0 aliphatic carbocycles. The second-order valence-corrected chi connectivity index (χ2v) is 7.24. The Kier molecular flexibility index (Phi) is 6.04. The summed E-state index contributed by atoms with van der Waals surface area (Å²) in [6, 6.07) is 15.6. The average molecular weight is 418 g/mol. The molecule has 0 aliphatic rings. The number of aliphatic hydroxyl groups is 1. The summed E-state index contributed by atoms with van der Waals surface area (Å²) >= 11 is 0. The number of nitrogens with zero attached hydrogens (tertiary/aromatic N) is 4. The number of benzene rings is 2. The number of aryl methyl sites for hydroxylation is 1. The summed E-state index contributed by atoms with van der Waals surface area (Å²) in [5.41, 5.74) is 3.84. The molecule has 0 saturated carbocycles. The first-order valence-electron chi connectivity index (χ1n) is 10.1. The van der Waals surface area contributed by atoms with Crippen molar-refractivity contribution in [2.45, 2.75) is 26.3 Å². The van der Waals surface area contributed by atoms with E-state index >= 15 is 0 Å². The number of aliphatic hydroxyl groups excluding tert-OH is 1. The van der Waals surface area contributed by atoms with Gasteiger partial charge in [0.15, 0.2) is 0 Å². The molecule has 2 aromatic heterocycles. The van der Waals surface area contributed by atoms with Gasteiger partial charge >= 0.3 is 6.01 Å². The molecule has 2 aromatic carbocycles. The van der Waals surface area contributed by atoms with E-state index in [0.717, 1.165) is 11.1 Å². The molecule has 0 radical (unpaired) electrons. The summed E-state index contributed by atoms with van der Waals surface area (Å²) in [4.78, 5) is 13.4. The Labute approximate surface area is 180 Å². The van der Waals surface area contributed by atoms with Gasteiger partial charge in [-0.05, 0) is 55.8 Å². The van der Waals surface area contributed by atoms with E-state index in [0.29, 0.717) is 29.3 Å². The second-order valence-electron chi connectivity index (χ2n) is 7.24. The van der Waals surface area contributed by atoms with Gasteiger partial charge in [0.05, 0.1) is 36.1 Å². The van der Waals surface area contributed by atoms with Crippen molar-refractivity contribution in [3.63, 3.8) is 0 Å². The van der Waals surface area contributed by atoms with Crippen molar-refractivity contribution in [2.24, 2.45) is 0 Å². The number of aromatic nitrogens is 4. The van der Waals surface area contributed by atoms with Crippen LogP contribution in [0.25, 0.3) is 22.6 Å². The van der Waals surface area contributed by atoms with Gasteiger partial charge < -0.3 is 14.4 Å². The van der Waals surface area contributed by atoms with Crippen molar-refractivity contribution >= 4 is 0 Å². The molecule has 0 spiro atoms. The Morgan fingerprint density at radius 1 is 1.03 bits per heavy atom. The highest BCUT2D eigenvalue weighted by Crippen LogP contribution is 2.34. The standard InChI is InChI=1S/C24H23FN4O2/c1-3-19(14-30)29-15-27-22(17-6-8-18(25)9-7-17)23(29)21-12-13-26-24(28-21)31-20-10-4-16(2)5-11-20/h4-13,15,19,30H,3,14H2,1-2H3/t19-/m0/s1. The van der Waals surface area contributed by atoms with Crippen LogP contribution in [0.5, 0.6) is 11.8 Å². The maximum Gasteiger partial charge on any atom is 0.322 e. The quantitative estimate of drug-likeness (QED) is 0.447.